The Morgan fingerprint density at radius 3 is 2.37 bits per heavy atom. The highest BCUT2D eigenvalue weighted by molar-refractivity contribution is 7.89. The molecule has 0 aliphatic carbocycles. The molecule has 3 rings (SSSR count). The lowest BCUT2D eigenvalue weighted by Gasteiger charge is -2.10. The van der Waals surface area contributed by atoms with Crippen LogP contribution in [0.2, 0.25) is 5.02 Å². The average Bonchev–Trinajstić information content (AvgIpc) is 2.69. The van der Waals surface area contributed by atoms with Gasteiger partial charge in [0.1, 0.15) is 12.4 Å². The Morgan fingerprint density at radius 2 is 1.59 bits per heavy atom. The van der Waals surface area contributed by atoms with E-state index in [-0.39, 0.29) is 4.90 Å². The van der Waals surface area contributed by atoms with Gasteiger partial charge in [-0.25, -0.2) is 4.83 Å². The maximum absolute atomic E-state index is 12.2. The van der Waals surface area contributed by atoms with Crippen molar-refractivity contribution in [1.82, 2.24) is 4.83 Å². The molecule has 0 fully saturated rings. The van der Waals surface area contributed by atoms with Crippen LogP contribution in [0.4, 0.5) is 0 Å². The summed E-state index contributed by atoms with van der Waals surface area (Å²) < 4.78 is 30.2. The van der Waals surface area contributed by atoms with Crippen LogP contribution in [0.3, 0.4) is 0 Å². The Labute approximate surface area is 163 Å². The molecule has 0 aliphatic rings. The maximum Gasteiger partial charge on any atom is 0.276 e. The number of para-hydroxylation sites is 1. The van der Waals surface area contributed by atoms with Gasteiger partial charge in [0.15, 0.2) is 0 Å². The molecule has 0 unspecified atom stereocenters. The summed E-state index contributed by atoms with van der Waals surface area (Å²) >= 11 is 6.14. The molecule has 0 radical (unpaired) electrons. The van der Waals surface area contributed by atoms with E-state index in [2.05, 4.69) is 9.93 Å². The zero-order chi connectivity index (χ0) is 19.1. The first-order valence-electron chi connectivity index (χ1n) is 8.11. The molecule has 0 spiro atoms. The first-order valence-corrected chi connectivity index (χ1v) is 9.97. The molecule has 3 aromatic rings. The molecule has 0 aromatic heterocycles. The van der Waals surface area contributed by atoms with E-state index in [9.17, 15) is 8.42 Å². The van der Waals surface area contributed by atoms with Crippen LogP contribution in [0.15, 0.2) is 88.9 Å². The molecule has 0 saturated heterocycles. The van der Waals surface area contributed by atoms with Crippen LogP contribution in [0.1, 0.15) is 11.1 Å². The van der Waals surface area contributed by atoms with E-state index < -0.39 is 10.0 Å². The fraction of sp³-hybridized carbons (Fsp3) is 0.0500. The van der Waals surface area contributed by atoms with Crippen LogP contribution in [0.25, 0.3) is 0 Å². The van der Waals surface area contributed by atoms with E-state index in [1.807, 2.05) is 30.3 Å². The minimum Gasteiger partial charge on any atom is -0.488 e. The molecule has 27 heavy (non-hydrogen) atoms. The Balaban J connectivity index is 1.71. The highest BCUT2D eigenvalue weighted by atomic mass is 35.5. The first-order chi connectivity index (χ1) is 13.1. The maximum atomic E-state index is 12.2. The predicted octanol–water partition coefficient (Wildman–Crippen LogP) is 4.23. The van der Waals surface area contributed by atoms with Gasteiger partial charge in [0, 0.05) is 16.1 Å². The van der Waals surface area contributed by atoms with Crippen LogP contribution in [-0.2, 0) is 16.6 Å². The number of halogens is 1. The summed E-state index contributed by atoms with van der Waals surface area (Å²) in [5.41, 5.74) is 1.50. The number of nitrogens with zero attached hydrogens (tertiary/aromatic N) is 1. The molecule has 0 heterocycles. The number of ether oxygens (including phenoxy) is 1. The van der Waals surface area contributed by atoms with Crippen LogP contribution < -0.4 is 9.57 Å². The monoisotopic (exact) mass is 400 g/mol. The summed E-state index contributed by atoms with van der Waals surface area (Å²) in [6.45, 7) is 0.292. The molecule has 3 aromatic carbocycles. The van der Waals surface area contributed by atoms with Crippen molar-refractivity contribution in [2.75, 3.05) is 0 Å². The Morgan fingerprint density at radius 1 is 0.926 bits per heavy atom. The second kappa shape index (κ2) is 8.70. The van der Waals surface area contributed by atoms with Crippen molar-refractivity contribution in [2.24, 2.45) is 5.10 Å². The van der Waals surface area contributed by atoms with E-state index in [4.69, 9.17) is 16.3 Å². The van der Waals surface area contributed by atoms with Crippen molar-refractivity contribution >= 4 is 27.8 Å². The quantitative estimate of drug-likeness (QED) is 0.476. The van der Waals surface area contributed by atoms with Crippen molar-refractivity contribution in [3.63, 3.8) is 0 Å². The lowest BCUT2D eigenvalue weighted by Crippen LogP contribution is -2.18. The number of nitrogens with one attached hydrogen (secondary N) is 1. The average molecular weight is 401 g/mol. The summed E-state index contributed by atoms with van der Waals surface area (Å²) in [5, 5.41) is 4.48. The van der Waals surface area contributed by atoms with Gasteiger partial charge >= 0.3 is 0 Å². The van der Waals surface area contributed by atoms with Crippen molar-refractivity contribution < 1.29 is 13.2 Å². The molecular weight excluding hydrogens is 384 g/mol. The molecule has 0 bridgehead atoms. The molecule has 7 heteroatoms. The highest BCUT2D eigenvalue weighted by Gasteiger charge is 2.11. The molecule has 0 atom stereocenters. The second-order valence-corrected chi connectivity index (χ2v) is 7.65. The summed E-state index contributed by atoms with van der Waals surface area (Å²) in [5.74, 6) is 0.570. The molecule has 0 amide bonds. The third-order valence-electron chi connectivity index (χ3n) is 3.69. The van der Waals surface area contributed by atoms with E-state index in [0.717, 1.165) is 5.56 Å². The lowest BCUT2D eigenvalue weighted by atomic mass is 10.2. The lowest BCUT2D eigenvalue weighted by molar-refractivity contribution is 0.306. The molecule has 1 N–H and O–H groups in total. The van der Waals surface area contributed by atoms with Gasteiger partial charge in [-0.3, -0.25) is 0 Å². The van der Waals surface area contributed by atoms with Crippen LogP contribution >= 0.6 is 11.6 Å². The van der Waals surface area contributed by atoms with Crippen LogP contribution in [0, 0.1) is 0 Å². The minimum atomic E-state index is -3.71. The van der Waals surface area contributed by atoms with Crippen molar-refractivity contribution in [3.05, 3.63) is 95.0 Å². The van der Waals surface area contributed by atoms with Gasteiger partial charge in [0.25, 0.3) is 10.0 Å². The Kier molecular flexibility index (Phi) is 6.11. The van der Waals surface area contributed by atoms with Crippen molar-refractivity contribution in [3.8, 4) is 5.75 Å². The van der Waals surface area contributed by atoms with E-state index in [1.165, 1.54) is 18.3 Å². The topological polar surface area (TPSA) is 67.8 Å². The third-order valence-corrected chi connectivity index (χ3v) is 5.30. The fourth-order valence-electron chi connectivity index (χ4n) is 2.31. The summed E-state index contributed by atoms with van der Waals surface area (Å²) in [6.07, 6.45) is 1.41. The highest BCUT2D eigenvalue weighted by Crippen LogP contribution is 2.21. The normalized spacial score (nSPS) is 11.4. The molecule has 138 valence electrons. The predicted molar refractivity (Wildman–Crippen MR) is 107 cm³/mol. The fourth-order valence-corrected chi connectivity index (χ4v) is 3.31. The first kappa shape index (κ1) is 18.9. The van der Waals surface area contributed by atoms with E-state index >= 15 is 0 Å². The van der Waals surface area contributed by atoms with Crippen LogP contribution in [-0.4, -0.2) is 14.6 Å². The molecule has 5 nitrogen and oxygen atoms in total. The van der Waals surface area contributed by atoms with Crippen LogP contribution in [0.5, 0.6) is 5.75 Å². The van der Waals surface area contributed by atoms with Gasteiger partial charge in [0.05, 0.1) is 11.1 Å². The SMILES string of the molecule is O=S(=O)(NN=Cc1ccccc1OCc1ccccc1Cl)c1ccccc1. The van der Waals surface area contributed by atoms with Gasteiger partial charge in [-0.2, -0.15) is 13.5 Å². The van der Waals surface area contributed by atoms with E-state index in [1.54, 1.807) is 36.4 Å². The number of benzene rings is 3. The zero-order valence-electron chi connectivity index (χ0n) is 14.2. The zero-order valence-corrected chi connectivity index (χ0v) is 15.8. The van der Waals surface area contributed by atoms with Gasteiger partial charge in [0.2, 0.25) is 0 Å². The van der Waals surface area contributed by atoms with E-state index in [0.29, 0.717) is 22.9 Å². The molecule has 0 saturated carbocycles. The van der Waals surface area contributed by atoms with Crippen molar-refractivity contribution in [2.45, 2.75) is 11.5 Å². The Hall–Kier alpha value is -2.83. The van der Waals surface area contributed by atoms with Gasteiger partial charge in [-0.1, -0.05) is 60.1 Å². The molecular formula is C20H17ClN2O3S. The number of rotatable bonds is 7. The Bertz CT molecular complexity index is 1040. The van der Waals surface area contributed by atoms with Crippen molar-refractivity contribution in [1.29, 1.82) is 0 Å². The second-order valence-electron chi connectivity index (χ2n) is 5.58. The standard InChI is InChI=1S/C20H17ClN2O3S/c21-19-12-6-4-9-17(19)15-26-20-13-7-5-8-16(20)14-22-23-27(24,25)18-10-2-1-3-11-18/h1-14,23H,15H2. The van der Waals surface area contributed by atoms with Gasteiger partial charge in [-0.15, -0.1) is 0 Å². The number of sulfonamides is 1. The van der Waals surface area contributed by atoms with Gasteiger partial charge in [-0.05, 0) is 30.3 Å². The number of hydrogen-bond acceptors (Lipinski definition) is 4. The minimum absolute atomic E-state index is 0.144. The summed E-state index contributed by atoms with van der Waals surface area (Å²) in [4.78, 5) is 2.34. The van der Waals surface area contributed by atoms with Gasteiger partial charge < -0.3 is 4.74 Å². The largest absolute Gasteiger partial charge is 0.488 e. The smallest absolute Gasteiger partial charge is 0.276 e. The molecule has 0 aliphatic heterocycles. The number of hydrazone groups is 1. The number of hydrogen-bond donors (Lipinski definition) is 1. The summed E-state index contributed by atoms with van der Waals surface area (Å²) in [7, 11) is -3.71. The third kappa shape index (κ3) is 5.09. The summed E-state index contributed by atoms with van der Waals surface area (Å²) in [6, 6.07) is 22.7.